The number of carbonyl (C=O) groups excluding carboxylic acids is 1. The van der Waals surface area contributed by atoms with Crippen LogP contribution in [0.15, 0.2) is 30.5 Å². The Morgan fingerprint density at radius 2 is 1.92 bits per heavy atom. The molecule has 4 fully saturated rings. The first-order valence-electron chi connectivity index (χ1n) is 14.9. The normalized spacial score (nSPS) is 42.0. The highest BCUT2D eigenvalue weighted by Crippen LogP contribution is 2.68. The van der Waals surface area contributed by atoms with Crippen LogP contribution in [0.3, 0.4) is 0 Å². The molecule has 0 bridgehead atoms. The molecule has 0 unspecified atom stereocenters. The molecule has 4 saturated carbocycles. The molecule has 1 aromatic heterocycles. The molecule has 2 aromatic rings. The van der Waals surface area contributed by atoms with E-state index in [9.17, 15) is 15.0 Å². The van der Waals surface area contributed by atoms with Crippen LogP contribution in [0.1, 0.15) is 85.0 Å². The fraction of sp³-hybridized carbons (Fsp3) is 0.719. The maximum absolute atomic E-state index is 12.9. The van der Waals surface area contributed by atoms with Crippen LogP contribution in [-0.2, 0) is 4.79 Å². The second-order valence-corrected chi connectivity index (χ2v) is 13.7. The third kappa shape index (κ3) is 4.07. The summed E-state index contributed by atoms with van der Waals surface area (Å²) >= 11 is 0. The van der Waals surface area contributed by atoms with Gasteiger partial charge in [-0.2, -0.15) is 0 Å². The predicted molar refractivity (Wildman–Crippen MR) is 148 cm³/mol. The van der Waals surface area contributed by atoms with E-state index in [0.29, 0.717) is 41.9 Å². The van der Waals surface area contributed by atoms with Crippen molar-refractivity contribution in [2.45, 2.75) is 97.2 Å². The van der Waals surface area contributed by atoms with Crippen molar-refractivity contribution in [3.05, 3.63) is 30.5 Å². The van der Waals surface area contributed by atoms with Crippen molar-refractivity contribution in [1.82, 2.24) is 4.98 Å². The third-order valence-corrected chi connectivity index (χ3v) is 12.2. The van der Waals surface area contributed by atoms with E-state index < -0.39 is 0 Å². The third-order valence-electron chi connectivity index (χ3n) is 12.2. The van der Waals surface area contributed by atoms with Gasteiger partial charge in [-0.3, -0.25) is 4.79 Å². The number of benzene rings is 1. The van der Waals surface area contributed by atoms with Gasteiger partial charge in [0, 0.05) is 23.5 Å². The number of aromatic nitrogens is 1. The fourth-order valence-electron chi connectivity index (χ4n) is 10.1. The molecule has 4 N–H and O–H groups in total. The van der Waals surface area contributed by atoms with Crippen LogP contribution in [0, 0.1) is 46.3 Å². The maximum Gasteiger partial charge on any atom is 0.224 e. The smallest absolute Gasteiger partial charge is 0.224 e. The van der Waals surface area contributed by atoms with Crippen LogP contribution in [-0.4, -0.2) is 33.3 Å². The Morgan fingerprint density at radius 3 is 2.76 bits per heavy atom. The van der Waals surface area contributed by atoms with E-state index in [-0.39, 0.29) is 28.9 Å². The van der Waals surface area contributed by atoms with Gasteiger partial charge in [0.05, 0.1) is 17.9 Å². The number of H-pyrrole nitrogens is 1. The van der Waals surface area contributed by atoms with Crippen molar-refractivity contribution >= 4 is 22.5 Å². The second-order valence-electron chi connectivity index (χ2n) is 13.7. The summed E-state index contributed by atoms with van der Waals surface area (Å²) < 4.78 is 0. The predicted octanol–water partition coefficient (Wildman–Crippen LogP) is 6.51. The molecule has 1 amide bonds. The molecule has 1 aromatic carbocycles. The lowest BCUT2D eigenvalue weighted by molar-refractivity contribution is -0.174. The molecule has 5 nitrogen and oxygen atoms in total. The first-order chi connectivity index (χ1) is 17.7. The Balaban J connectivity index is 1.12. The molecule has 202 valence electrons. The quantitative estimate of drug-likeness (QED) is 0.373. The molecule has 5 heteroatoms. The van der Waals surface area contributed by atoms with E-state index in [1.807, 2.05) is 30.5 Å². The molecule has 0 radical (unpaired) electrons. The average Bonchev–Trinajstić information content (AvgIpc) is 3.50. The minimum absolute atomic E-state index is 0.0504. The van der Waals surface area contributed by atoms with Crippen molar-refractivity contribution in [2.24, 2.45) is 46.3 Å². The van der Waals surface area contributed by atoms with Gasteiger partial charge in [0.1, 0.15) is 0 Å². The van der Waals surface area contributed by atoms with Gasteiger partial charge in [0.2, 0.25) is 5.91 Å². The second kappa shape index (κ2) is 9.41. The summed E-state index contributed by atoms with van der Waals surface area (Å²) in [5, 5.41) is 26.3. The van der Waals surface area contributed by atoms with Gasteiger partial charge in [0.15, 0.2) is 0 Å². The summed E-state index contributed by atoms with van der Waals surface area (Å²) in [6.45, 7) is 7.19. The topological polar surface area (TPSA) is 85.4 Å². The number of anilines is 1. The van der Waals surface area contributed by atoms with Crippen molar-refractivity contribution in [2.75, 3.05) is 5.32 Å². The van der Waals surface area contributed by atoms with Crippen LogP contribution in [0.4, 0.5) is 5.69 Å². The number of aliphatic hydroxyl groups is 2. The monoisotopic (exact) mass is 506 g/mol. The fourth-order valence-corrected chi connectivity index (χ4v) is 10.1. The van der Waals surface area contributed by atoms with Crippen LogP contribution in [0.25, 0.3) is 10.9 Å². The van der Waals surface area contributed by atoms with E-state index in [1.54, 1.807) is 0 Å². The van der Waals surface area contributed by atoms with Gasteiger partial charge in [0.25, 0.3) is 0 Å². The number of carbonyl (C=O) groups is 1. The summed E-state index contributed by atoms with van der Waals surface area (Å²) in [4.78, 5) is 16.1. The molecule has 37 heavy (non-hydrogen) atoms. The first-order valence-corrected chi connectivity index (χ1v) is 14.9. The lowest BCUT2D eigenvalue weighted by atomic mass is 9.43. The number of nitrogens with one attached hydrogen (secondary N) is 2. The average molecular weight is 507 g/mol. The molecule has 1 heterocycles. The van der Waals surface area contributed by atoms with Crippen molar-refractivity contribution < 1.29 is 15.0 Å². The Hall–Kier alpha value is -1.85. The highest BCUT2D eigenvalue weighted by atomic mass is 16.3. The van der Waals surface area contributed by atoms with Crippen LogP contribution in [0.2, 0.25) is 0 Å². The summed E-state index contributed by atoms with van der Waals surface area (Å²) in [6, 6.07) is 7.97. The molecular weight excluding hydrogens is 460 g/mol. The molecule has 10 atom stereocenters. The maximum atomic E-state index is 12.9. The number of aromatic amines is 1. The van der Waals surface area contributed by atoms with Crippen molar-refractivity contribution in [3.8, 4) is 0 Å². The van der Waals surface area contributed by atoms with Gasteiger partial charge in [-0.15, -0.1) is 0 Å². The number of hydrogen-bond donors (Lipinski definition) is 4. The summed E-state index contributed by atoms with van der Waals surface area (Å²) in [6.07, 6.45) is 11.7. The Morgan fingerprint density at radius 1 is 1.08 bits per heavy atom. The minimum Gasteiger partial charge on any atom is -0.393 e. The van der Waals surface area contributed by atoms with E-state index >= 15 is 0 Å². The van der Waals surface area contributed by atoms with Crippen LogP contribution >= 0.6 is 0 Å². The van der Waals surface area contributed by atoms with Crippen LogP contribution < -0.4 is 5.32 Å². The summed E-state index contributed by atoms with van der Waals surface area (Å²) in [7, 11) is 0. The number of amides is 1. The molecule has 0 saturated heterocycles. The highest BCUT2D eigenvalue weighted by Gasteiger charge is 2.63. The SMILES string of the molecule is C[C@H](CCC(=O)Nc1cccc2[nH]ccc12)[C@H]1CC[C@H]2[C@@H]3CC[C@@H]4C[C@H](O)CC[C@]4(C)[C@H]3C[C@H](O)[C@]12C. The molecule has 0 aliphatic heterocycles. The standard InChI is InChI=1S/C32H46N2O3/c1-19(7-12-30(37)34-28-6-4-5-27-23(28)14-16-33-27)24-10-11-25-22-9-8-20-17-21(35)13-15-31(20,2)26(22)18-29(36)32(24,25)3/h4-6,14,16,19-22,24-26,29,33,35-36H,7-13,15,17-18H2,1-3H3,(H,34,37)/t19-,20-,21-,22+,24-,25+,26+,29+,31+,32-/m1/s1. The minimum atomic E-state index is -0.267. The van der Waals surface area contributed by atoms with E-state index in [1.165, 1.54) is 25.7 Å². The summed E-state index contributed by atoms with van der Waals surface area (Å²) in [5.41, 5.74) is 2.13. The van der Waals surface area contributed by atoms with Crippen molar-refractivity contribution in [3.63, 3.8) is 0 Å². The highest BCUT2D eigenvalue weighted by molar-refractivity contribution is 6.01. The van der Waals surface area contributed by atoms with E-state index in [4.69, 9.17) is 0 Å². The van der Waals surface area contributed by atoms with Gasteiger partial charge in [-0.25, -0.2) is 0 Å². The van der Waals surface area contributed by atoms with Crippen molar-refractivity contribution in [1.29, 1.82) is 0 Å². The number of hydrogen-bond acceptors (Lipinski definition) is 3. The molecular formula is C32H46N2O3. The number of rotatable bonds is 5. The number of fused-ring (bicyclic) bond motifs is 6. The zero-order valence-electron chi connectivity index (χ0n) is 22.9. The Bertz CT molecular complexity index is 1140. The molecule has 0 spiro atoms. The molecule has 4 aliphatic carbocycles. The van der Waals surface area contributed by atoms with Gasteiger partial charge in [-0.05, 0) is 122 Å². The zero-order valence-corrected chi connectivity index (χ0v) is 22.9. The Kier molecular flexibility index (Phi) is 6.47. The van der Waals surface area contributed by atoms with Gasteiger partial charge < -0.3 is 20.5 Å². The Labute approximate surface area is 221 Å². The lowest BCUT2D eigenvalue weighted by Crippen LogP contribution is -2.58. The van der Waals surface area contributed by atoms with E-state index in [0.717, 1.165) is 48.7 Å². The zero-order chi connectivity index (χ0) is 25.9. The lowest BCUT2D eigenvalue weighted by Gasteiger charge is -2.62. The molecule has 4 aliphatic rings. The first kappa shape index (κ1) is 25.4. The van der Waals surface area contributed by atoms with E-state index in [2.05, 4.69) is 31.1 Å². The molecule has 6 rings (SSSR count). The summed E-state index contributed by atoms with van der Waals surface area (Å²) in [5.74, 6) is 3.43. The largest absolute Gasteiger partial charge is 0.393 e. The number of aliphatic hydroxyl groups excluding tert-OH is 2. The van der Waals surface area contributed by atoms with Gasteiger partial charge in [-0.1, -0.05) is 26.8 Å². The van der Waals surface area contributed by atoms with Gasteiger partial charge >= 0.3 is 0 Å². The van der Waals surface area contributed by atoms with Crippen LogP contribution in [0.5, 0.6) is 0 Å².